The topological polar surface area (TPSA) is 98.7 Å². The van der Waals surface area contributed by atoms with Gasteiger partial charge in [-0.3, -0.25) is 4.57 Å². The van der Waals surface area contributed by atoms with E-state index in [0.29, 0.717) is 5.56 Å². The molecule has 0 saturated heterocycles. The highest BCUT2D eigenvalue weighted by molar-refractivity contribution is 6.69. The van der Waals surface area contributed by atoms with Gasteiger partial charge in [0.25, 0.3) is 0 Å². The van der Waals surface area contributed by atoms with E-state index < -0.39 is 23.0 Å². The van der Waals surface area contributed by atoms with Crippen molar-refractivity contribution in [2.45, 2.75) is 0 Å². The molecule has 57 heavy (non-hydrogen) atoms. The fraction of sp³-hybridized carbons (Fsp3) is 0. The van der Waals surface area contributed by atoms with Gasteiger partial charge < -0.3 is 20.4 Å². The van der Waals surface area contributed by atoms with Crippen molar-refractivity contribution in [1.82, 2.24) is 9.55 Å². The normalized spacial score (nSPS) is 11.5. The van der Waals surface area contributed by atoms with Crippen molar-refractivity contribution in [3.63, 3.8) is 0 Å². The zero-order valence-corrected chi connectivity index (χ0v) is 32.7. The zero-order chi connectivity index (χ0) is 39.9. The van der Waals surface area contributed by atoms with E-state index in [4.69, 9.17) is 4.98 Å². The van der Waals surface area contributed by atoms with Crippen LogP contribution in [0.3, 0.4) is 0 Å². The molecule has 1 aromatic heterocycles. The quantitative estimate of drug-likeness (QED) is 0.0889. The number of hydrogen-bond acceptors (Lipinski definition) is 5. The molecule has 0 unspecified atom stereocenters. The van der Waals surface area contributed by atoms with Gasteiger partial charge in [-0.15, -0.1) is 16.4 Å². The highest BCUT2D eigenvalue weighted by Crippen LogP contribution is 2.51. The molecule has 6 nitrogen and oxygen atoms in total. The summed E-state index contributed by atoms with van der Waals surface area (Å²) in [6.07, 6.45) is 0. The minimum Gasteiger partial charge on any atom is -0.505 e. The van der Waals surface area contributed by atoms with Gasteiger partial charge in [0.15, 0.2) is 11.5 Å². The van der Waals surface area contributed by atoms with Crippen LogP contribution in [0.1, 0.15) is 0 Å². The molecule has 9 aromatic rings. The van der Waals surface area contributed by atoms with Crippen molar-refractivity contribution in [3.05, 3.63) is 121 Å². The van der Waals surface area contributed by atoms with E-state index >= 15 is 0 Å². The molecule has 0 saturated carbocycles. The molecule has 268 valence electrons. The lowest BCUT2D eigenvalue weighted by atomic mass is 9.59. The Kier molecular flexibility index (Phi) is 8.54. The Morgan fingerprint density at radius 2 is 0.930 bits per heavy atom. The minimum atomic E-state index is -0.767. The fourth-order valence-corrected chi connectivity index (χ4v) is 8.79. The van der Waals surface area contributed by atoms with E-state index in [0.717, 1.165) is 71.9 Å². The Bertz CT molecular complexity index is 3090. The van der Waals surface area contributed by atoms with Crippen molar-refractivity contribution in [2.24, 2.45) is 0 Å². The Morgan fingerprint density at radius 1 is 0.386 bits per heavy atom. The van der Waals surface area contributed by atoms with Gasteiger partial charge in [0.05, 0.1) is 11.0 Å². The summed E-state index contributed by atoms with van der Waals surface area (Å²) in [7, 11) is 12.6. The summed E-state index contributed by atoms with van der Waals surface area (Å²) >= 11 is 0. The number of aromatic hydroxyl groups is 4. The van der Waals surface area contributed by atoms with Crippen LogP contribution < -0.4 is 32.8 Å². The molecular weight excluding hydrogens is 697 g/mol. The molecule has 0 radical (unpaired) electrons. The monoisotopic (exact) mass is 734 g/mol. The molecule has 0 atom stereocenters. The summed E-state index contributed by atoms with van der Waals surface area (Å²) in [5.41, 5.74) is 15.3. The lowest BCUT2D eigenvalue weighted by Crippen LogP contribution is -2.55. The number of aromatic nitrogens is 2. The van der Waals surface area contributed by atoms with Crippen molar-refractivity contribution in [1.29, 1.82) is 0 Å². The second-order valence-electron chi connectivity index (χ2n) is 15.1. The first-order valence-electron chi connectivity index (χ1n) is 19.1. The molecular formula is C45H36B6N2O4. The number of hydrogen-bond donors (Lipinski definition) is 4. The molecule has 12 heteroatoms. The van der Waals surface area contributed by atoms with Gasteiger partial charge in [-0.2, -0.15) is 0 Å². The smallest absolute Gasteiger partial charge is 0.204 e. The third kappa shape index (κ3) is 5.46. The minimum absolute atomic E-state index is 0.253. The maximum absolute atomic E-state index is 11.6. The number of phenols is 4. The lowest BCUT2D eigenvalue weighted by molar-refractivity contribution is 0.348. The third-order valence-corrected chi connectivity index (χ3v) is 12.2. The summed E-state index contributed by atoms with van der Waals surface area (Å²) < 4.78 is 2.20. The van der Waals surface area contributed by atoms with Gasteiger partial charge in [0, 0.05) is 22.4 Å². The predicted molar refractivity (Wildman–Crippen MR) is 254 cm³/mol. The van der Waals surface area contributed by atoms with Crippen LogP contribution in [0.25, 0.3) is 83.0 Å². The lowest BCUT2D eigenvalue weighted by Gasteiger charge is -2.25. The maximum Gasteiger partial charge on any atom is 0.204 e. The summed E-state index contributed by atoms with van der Waals surface area (Å²) in [5.74, 6) is -1.65. The average Bonchev–Trinajstić information content (AvgIpc) is 3.64. The van der Waals surface area contributed by atoms with Gasteiger partial charge in [-0.1, -0.05) is 102 Å². The van der Waals surface area contributed by atoms with Gasteiger partial charge >= 0.3 is 0 Å². The molecule has 0 aliphatic heterocycles. The van der Waals surface area contributed by atoms with E-state index in [1.807, 2.05) is 54.6 Å². The highest BCUT2D eigenvalue weighted by Gasteiger charge is 2.27. The molecule has 0 spiro atoms. The molecule has 0 aliphatic carbocycles. The van der Waals surface area contributed by atoms with E-state index in [1.54, 1.807) is 7.85 Å². The molecule has 9 rings (SSSR count). The number of fused-ring (bicyclic) bond motifs is 3. The van der Waals surface area contributed by atoms with E-state index in [9.17, 15) is 20.4 Å². The molecule has 0 bridgehead atoms. The fourth-order valence-electron chi connectivity index (χ4n) is 8.79. The summed E-state index contributed by atoms with van der Waals surface area (Å²) in [5, 5.41) is 47.9. The molecule has 8 aromatic carbocycles. The van der Waals surface area contributed by atoms with E-state index in [-0.39, 0.29) is 11.0 Å². The molecule has 0 fully saturated rings. The standard InChI is InChI=1S/C45H36B6N2O4/c46-35-33(36(47)39(50)40(51)38(35)49)31-25-13-4-5-14-26(25)32(34-37(48)42(55)44(57)43(56)41(34)54)28-20-23(17-18-27(28)31)22-11-8-12-24(19-22)53-30-16-7-6-15-29(30)52-45(53)21-9-2-1-3-10-21/h1-20,54-57H,46-51H2. The predicted octanol–water partition coefficient (Wildman–Crippen LogP) is 0.373. The number of phenolic OH excluding ortho intramolecular Hbond substituents is 4. The summed E-state index contributed by atoms with van der Waals surface area (Å²) in [4.78, 5) is 5.06. The average molecular weight is 734 g/mol. The first kappa shape index (κ1) is 36.0. The summed E-state index contributed by atoms with van der Waals surface area (Å²) in [6, 6.07) is 41.3. The Labute approximate surface area is 335 Å². The van der Waals surface area contributed by atoms with Crippen LogP contribution in [0.5, 0.6) is 23.0 Å². The van der Waals surface area contributed by atoms with Crippen LogP contribution in [0.15, 0.2) is 121 Å². The van der Waals surface area contributed by atoms with Crippen LogP contribution >= 0.6 is 0 Å². The third-order valence-electron chi connectivity index (χ3n) is 12.2. The van der Waals surface area contributed by atoms with Gasteiger partial charge in [0.2, 0.25) is 11.5 Å². The first-order chi connectivity index (χ1) is 27.5. The van der Waals surface area contributed by atoms with E-state index in [1.165, 1.54) is 27.3 Å². The first-order valence-corrected chi connectivity index (χ1v) is 19.1. The highest BCUT2D eigenvalue weighted by atomic mass is 16.3. The second kappa shape index (κ2) is 13.5. The molecule has 0 amide bonds. The number of imidazole rings is 1. The van der Waals surface area contributed by atoms with Gasteiger partial charge in [-0.05, 0) is 79.6 Å². The van der Waals surface area contributed by atoms with Gasteiger partial charge in [0.1, 0.15) is 52.9 Å². The SMILES string of the molecule is Bc1c(B)c(B)c(-c2c3ccccc3c(-c3c(B)c(O)c(O)c(O)c3O)c3cc(-c4cccc(-n5c(-c6ccccc6)nc6ccccc65)c4)ccc23)c(B)c1B. The Balaban J connectivity index is 1.38. The van der Waals surface area contributed by atoms with E-state index in [2.05, 4.69) is 111 Å². The summed E-state index contributed by atoms with van der Waals surface area (Å²) in [6.45, 7) is 0. The number of nitrogens with zero attached hydrogens (tertiary/aromatic N) is 2. The van der Waals surface area contributed by atoms with Crippen molar-refractivity contribution in [3.8, 4) is 73.5 Å². The number of benzene rings is 8. The van der Waals surface area contributed by atoms with Crippen molar-refractivity contribution in [2.75, 3.05) is 0 Å². The van der Waals surface area contributed by atoms with Crippen LogP contribution in [0.2, 0.25) is 0 Å². The maximum atomic E-state index is 11.6. The van der Waals surface area contributed by atoms with Crippen LogP contribution in [0.4, 0.5) is 0 Å². The van der Waals surface area contributed by atoms with Gasteiger partial charge in [-0.25, -0.2) is 4.98 Å². The number of rotatable bonds is 5. The molecule has 0 aliphatic rings. The Morgan fingerprint density at radius 3 is 1.63 bits per heavy atom. The largest absolute Gasteiger partial charge is 0.505 e. The van der Waals surface area contributed by atoms with Crippen molar-refractivity contribution >= 4 is 112 Å². The molecule has 1 heterocycles. The van der Waals surface area contributed by atoms with Crippen LogP contribution in [0, 0.1) is 0 Å². The molecule has 4 N–H and O–H groups in total. The van der Waals surface area contributed by atoms with Crippen molar-refractivity contribution < 1.29 is 20.4 Å². The van der Waals surface area contributed by atoms with Crippen LogP contribution in [-0.4, -0.2) is 77.1 Å². The second-order valence-corrected chi connectivity index (χ2v) is 15.1. The Hall–Kier alpha value is -6.66. The number of para-hydroxylation sites is 2. The van der Waals surface area contributed by atoms with Crippen LogP contribution in [-0.2, 0) is 0 Å². The zero-order valence-electron chi connectivity index (χ0n) is 32.7.